The molecule has 28 heavy (non-hydrogen) atoms. The van der Waals surface area contributed by atoms with Crippen molar-refractivity contribution in [1.29, 1.82) is 0 Å². The Kier molecular flexibility index (Phi) is 5.15. The third-order valence-corrected chi connectivity index (χ3v) is 7.76. The van der Waals surface area contributed by atoms with Crippen molar-refractivity contribution in [2.45, 2.75) is 30.7 Å². The molecule has 1 N–H and O–H groups in total. The van der Waals surface area contributed by atoms with E-state index < -0.39 is 9.84 Å². The van der Waals surface area contributed by atoms with Gasteiger partial charge in [0, 0.05) is 24.5 Å². The Labute approximate surface area is 166 Å². The molecule has 2 heterocycles. The summed E-state index contributed by atoms with van der Waals surface area (Å²) in [5, 5.41) is 2.95. The molecule has 2 aromatic carbocycles. The van der Waals surface area contributed by atoms with Crippen molar-refractivity contribution in [2.75, 3.05) is 24.6 Å². The molecule has 0 aromatic heterocycles. The number of amides is 2. The molecule has 0 saturated carbocycles. The molecule has 2 amide bonds. The zero-order valence-electron chi connectivity index (χ0n) is 15.9. The first-order valence-electron chi connectivity index (χ1n) is 9.85. The standard InChI is InChI=1S/C22H26N2O3S/c25-21(23-20-12-15-28(26,27)16-20)24-14-7-13-22(17-24,18-8-3-1-4-9-18)19-10-5-2-6-11-19/h1-6,8-11,20H,7,12-17H2,(H,23,25)/t20-/m1/s1. The summed E-state index contributed by atoms with van der Waals surface area (Å²) in [6.45, 7) is 1.28. The molecule has 4 rings (SSSR count). The van der Waals surface area contributed by atoms with Gasteiger partial charge in [-0.3, -0.25) is 0 Å². The predicted molar refractivity (Wildman–Crippen MR) is 110 cm³/mol. The van der Waals surface area contributed by atoms with Crippen LogP contribution in [-0.4, -0.2) is 50.0 Å². The van der Waals surface area contributed by atoms with Gasteiger partial charge in [0.25, 0.3) is 0 Å². The van der Waals surface area contributed by atoms with Gasteiger partial charge in [-0.2, -0.15) is 0 Å². The van der Waals surface area contributed by atoms with E-state index in [2.05, 4.69) is 29.6 Å². The van der Waals surface area contributed by atoms with Crippen LogP contribution in [0.2, 0.25) is 0 Å². The van der Waals surface area contributed by atoms with Gasteiger partial charge in [0.1, 0.15) is 0 Å². The predicted octanol–water partition coefficient (Wildman–Crippen LogP) is 2.97. The van der Waals surface area contributed by atoms with Crippen LogP contribution in [0.3, 0.4) is 0 Å². The smallest absolute Gasteiger partial charge is 0.317 e. The monoisotopic (exact) mass is 398 g/mol. The fraction of sp³-hybridized carbons (Fsp3) is 0.409. The normalized spacial score (nSPS) is 23.3. The van der Waals surface area contributed by atoms with Gasteiger partial charge in [-0.1, -0.05) is 60.7 Å². The highest BCUT2D eigenvalue weighted by Gasteiger charge is 2.40. The Balaban J connectivity index is 1.59. The Bertz CT molecular complexity index is 889. The van der Waals surface area contributed by atoms with Crippen LogP contribution in [0.1, 0.15) is 30.4 Å². The van der Waals surface area contributed by atoms with Crippen molar-refractivity contribution in [1.82, 2.24) is 10.2 Å². The first-order valence-corrected chi connectivity index (χ1v) is 11.7. The molecule has 0 spiro atoms. The number of carbonyl (C=O) groups is 1. The summed E-state index contributed by atoms with van der Waals surface area (Å²) in [6, 6.07) is 20.3. The second-order valence-corrected chi connectivity index (χ2v) is 10.1. The van der Waals surface area contributed by atoms with Gasteiger partial charge in [-0.25, -0.2) is 13.2 Å². The Morgan fingerprint density at radius 3 is 2.14 bits per heavy atom. The van der Waals surface area contributed by atoms with Crippen molar-refractivity contribution in [2.24, 2.45) is 0 Å². The van der Waals surface area contributed by atoms with Crippen molar-refractivity contribution in [3.05, 3.63) is 71.8 Å². The second kappa shape index (κ2) is 7.59. The summed E-state index contributed by atoms with van der Waals surface area (Å²) in [7, 11) is -3.01. The number of hydrogen-bond donors (Lipinski definition) is 1. The van der Waals surface area contributed by atoms with E-state index in [1.165, 1.54) is 11.1 Å². The second-order valence-electron chi connectivity index (χ2n) is 7.89. The fourth-order valence-electron chi connectivity index (χ4n) is 4.56. The van der Waals surface area contributed by atoms with Crippen LogP contribution in [0.4, 0.5) is 4.79 Å². The van der Waals surface area contributed by atoms with Gasteiger partial charge in [-0.05, 0) is 30.4 Å². The summed E-state index contributed by atoms with van der Waals surface area (Å²) in [5.41, 5.74) is 2.17. The largest absolute Gasteiger partial charge is 0.334 e. The SMILES string of the molecule is O=C(N[C@@H]1CCS(=O)(=O)C1)N1CCCC(c2ccccc2)(c2ccccc2)C1. The molecular weight excluding hydrogens is 372 g/mol. The number of piperidine rings is 1. The number of benzene rings is 2. The number of urea groups is 1. The van der Waals surface area contributed by atoms with E-state index in [1.54, 1.807) is 0 Å². The Morgan fingerprint density at radius 2 is 1.61 bits per heavy atom. The minimum atomic E-state index is -3.01. The molecular formula is C22H26N2O3S. The number of nitrogens with one attached hydrogen (secondary N) is 1. The fourth-order valence-corrected chi connectivity index (χ4v) is 6.23. The number of rotatable bonds is 3. The van der Waals surface area contributed by atoms with Crippen LogP contribution < -0.4 is 5.32 Å². The van der Waals surface area contributed by atoms with E-state index in [4.69, 9.17) is 0 Å². The average Bonchev–Trinajstić information content (AvgIpc) is 3.07. The van der Waals surface area contributed by atoms with E-state index in [9.17, 15) is 13.2 Å². The summed E-state index contributed by atoms with van der Waals surface area (Å²) < 4.78 is 23.4. The van der Waals surface area contributed by atoms with E-state index >= 15 is 0 Å². The van der Waals surface area contributed by atoms with Crippen LogP contribution in [0, 0.1) is 0 Å². The highest BCUT2D eigenvalue weighted by molar-refractivity contribution is 7.91. The number of likely N-dealkylation sites (tertiary alicyclic amines) is 1. The third kappa shape index (κ3) is 3.78. The van der Waals surface area contributed by atoms with Crippen molar-refractivity contribution >= 4 is 15.9 Å². The number of carbonyl (C=O) groups excluding carboxylic acids is 1. The zero-order valence-corrected chi connectivity index (χ0v) is 16.7. The third-order valence-electron chi connectivity index (χ3n) is 5.99. The number of sulfone groups is 1. The van der Waals surface area contributed by atoms with E-state index in [0.717, 1.165) is 12.8 Å². The Hall–Kier alpha value is -2.34. The number of nitrogens with zero attached hydrogens (tertiary/aromatic N) is 1. The molecule has 1 atom stereocenters. The molecule has 0 aliphatic carbocycles. The average molecular weight is 399 g/mol. The van der Waals surface area contributed by atoms with E-state index in [1.807, 2.05) is 41.3 Å². The highest BCUT2D eigenvalue weighted by Crippen LogP contribution is 2.40. The molecule has 2 saturated heterocycles. The van der Waals surface area contributed by atoms with Crippen molar-refractivity contribution < 1.29 is 13.2 Å². The van der Waals surface area contributed by atoms with Gasteiger partial charge in [0.15, 0.2) is 9.84 Å². The summed E-state index contributed by atoms with van der Waals surface area (Å²) in [4.78, 5) is 14.8. The van der Waals surface area contributed by atoms with Crippen LogP contribution in [0.15, 0.2) is 60.7 Å². The molecule has 148 valence electrons. The maximum absolute atomic E-state index is 12.9. The van der Waals surface area contributed by atoms with Gasteiger partial charge in [0.05, 0.1) is 11.5 Å². The lowest BCUT2D eigenvalue weighted by Gasteiger charge is -2.44. The van der Waals surface area contributed by atoms with Crippen LogP contribution in [-0.2, 0) is 15.3 Å². The quantitative estimate of drug-likeness (QED) is 0.864. The molecule has 5 nitrogen and oxygen atoms in total. The maximum Gasteiger partial charge on any atom is 0.317 e. The lowest BCUT2D eigenvalue weighted by atomic mass is 9.69. The molecule has 6 heteroatoms. The minimum absolute atomic E-state index is 0.0507. The van der Waals surface area contributed by atoms with Crippen LogP contribution in [0.5, 0.6) is 0 Å². The zero-order chi connectivity index (χ0) is 19.6. The van der Waals surface area contributed by atoms with Crippen LogP contribution >= 0.6 is 0 Å². The lowest BCUT2D eigenvalue weighted by molar-refractivity contribution is 0.160. The summed E-state index contributed by atoms with van der Waals surface area (Å²) >= 11 is 0. The van der Waals surface area contributed by atoms with Gasteiger partial charge in [0.2, 0.25) is 0 Å². The van der Waals surface area contributed by atoms with Crippen LogP contribution in [0.25, 0.3) is 0 Å². The maximum atomic E-state index is 12.9. The summed E-state index contributed by atoms with van der Waals surface area (Å²) in [5.74, 6) is 0.213. The molecule has 0 radical (unpaired) electrons. The molecule has 0 bridgehead atoms. The number of hydrogen-bond acceptors (Lipinski definition) is 3. The minimum Gasteiger partial charge on any atom is -0.334 e. The molecule has 2 aliphatic rings. The Morgan fingerprint density at radius 1 is 1.00 bits per heavy atom. The molecule has 2 fully saturated rings. The van der Waals surface area contributed by atoms with Crippen molar-refractivity contribution in [3.63, 3.8) is 0 Å². The topological polar surface area (TPSA) is 66.5 Å². The van der Waals surface area contributed by atoms with E-state index in [0.29, 0.717) is 19.5 Å². The highest BCUT2D eigenvalue weighted by atomic mass is 32.2. The molecule has 2 aromatic rings. The molecule has 0 unspecified atom stereocenters. The molecule has 2 aliphatic heterocycles. The van der Waals surface area contributed by atoms with Crippen molar-refractivity contribution in [3.8, 4) is 0 Å². The first-order chi connectivity index (χ1) is 13.5. The first kappa shape index (κ1) is 19.0. The van der Waals surface area contributed by atoms with Gasteiger partial charge in [-0.15, -0.1) is 0 Å². The van der Waals surface area contributed by atoms with E-state index in [-0.39, 0.29) is 29.0 Å². The lowest BCUT2D eigenvalue weighted by Crippen LogP contribution is -2.53. The summed E-state index contributed by atoms with van der Waals surface area (Å²) in [6.07, 6.45) is 2.38. The van der Waals surface area contributed by atoms with Gasteiger partial charge >= 0.3 is 6.03 Å². The van der Waals surface area contributed by atoms with Gasteiger partial charge < -0.3 is 10.2 Å².